The number of aromatic nitrogens is 2. The molecule has 4 nitrogen and oxygen atoms in total. The summed E-state index contributed by atoms with van der Waals surface area (Å²) in [6, 6.07) is 1.66. The molecule has 0 saturated heterocycles. The van der Waals surface area contributed by atoms with E-state index < -0.39 is 0 Å². The van der Waals surface area contributed by atoms with Crippen molar-refractivity contribution in [2.45, 2.75) is 38.5 Å². The van der Waals surface area contributed by atoms with Gasteiger partial charge in [-0.3, -0.25) is 14.3 Å². The molecule has 0 amide bonds. The van der Waals surface area contributed by atoms with E-state index in [0.717, 1.165) is 25.7 Å². The second-order valence-corrected chi connectivity index (χ2v) is 4.78. The van der Waals surface area contributed by atoms with Crippen molar-refractivity contribution in [2.24, 2.45) is 13.0 Å². The topological polar surface area (TPSA) is 52.0 Å². The first kappa shape index (κ1) is 12.0. The van der Waals surface area contributed by atoms with E-state index in [0.29, 0.717) is 5.69 Å². The average molecular weight is 234 g/mol. The fraction of sp³-hybridized carbons (Fsp3) is 0.615. The van der Waals surface area contributed by atoms with Crippen LogP contribution in [0.4, 0.5) is 0 Å². The molecule has 0 spiro atoms. The van der Waals surface area contributed by atoms with Crippen LogP contribution in [0.1, 0.15) is 49.0 Å². The van der Waals surface area contributed by atoms with Crippen molar-refractivity contribution in [2.75, 3.05) is 0 Å². The lowest BCUT2D eigenvalue weighted by Crippen LogP contribution is -2.20. The highest BCUT2D eigenvalue weighted by Crippen LogP contribution is 2.25. The van der Waals surface area contributed by atoms with Gasteiger partial charge in [0.05, 0.1) is 6.42 Å². The summed E-state index contributed by atoms with van der Waals surface area (Å²) in [6.45, 7) is 0. The Bertz CT molecular complexity index is 417. The molecular formula is C13H18N2O2. The van der Waals surface area contributed by atoms with Crippen molar-refractivity contribution in [1.29, 1.82) is 0 Å². The highest BCUT2D eigenvalue weighted by Gasteiger charge is 2.24. The highest BCUT2D eigenvalue weighted by atomic mass is 16.1. The summed E-state index contributed by atoms with van der Waals surface area (Å²) >= 11 is 0. The lowest BCUT2D eigenvalue weighted by atomic mass is 9.84. The SMILES string of the molecule is Cn1ccc(C(=O)CC(=O)C2CCCCC2)n1. The molecule has 0 aromatic carbocycles. The highest BCUT2D eigenvalue weighted by molar-refractivity contribution is 6.07. The molecule has 4 heteroatoms. The van der Waals surface area contributed by atoms with E-state index in [-0.39, 0.29) is 23.9 Å². The fourth-order valence-corrected chi connectivity index (χ4v) is 2.38. The number of hydrogen-bond donors (Lipinski definition) is 0. The molecule has 0 atom stereocenters. The molecule has 1 aromatic heterocycles. The number of ketones is 2. The van der Waals surface area contributed by atoms with Gasteiger partial charge in [-0.1, -0.05) is 19.3 Å². The van der Waals surface area contributed by atoms with E-state index in [4.69, 9.17) is 0 Å². The van der Waals surface area contributed by atoms with Crippen molar-refractivity contribution >= 4 is 11.6 Å². The molecule has 1 aromatic rings. The van der Waals surface area contributed by atoms with Gasteiger partial charge in [-0.25, -0.2) is 0 Å². The van der Waals surface area contributed by atoms with Crippen LogP contribution in [-0.4, -0.2) is 21.3 Å². The van der Waals surface area contributed by atoms with Gasteiger partial charge in [0.25, 0.3) is 0 Å². The summed E-state index contributed by atoms with van der Waals surface area (Å²) in [6.07, 6.45) is 7.10. The van der Waals surface area contributed by atoms with Crippen molar-refractivity contribution in [1.82, 2.24) is 9.78 Å². The number of aryl methyl sites for hydroxylation is 1. The first-order valence-corrected chi connectivity index (χ1v) is 6.22. The molecule has 1 heterocycles. The molecule has 1 saturated carbocycles. The standard InChI is InChI=1S/C13H18N2O2/c1-15-8-7-11(14-15)13(17)9-12(16)10-5-3-2-4-6-10/h7-8,10H,2-6,9H2,1H3. The Kier molecular flexibility index (Phi) is 3.71. The fourth-order valence-electron chi connectivity index (χ4n) is 2.38. The maximum atomic E-state index is 11.9. The summed E-state index contributed by atoms with van der Waals surface area (Å²) in [5.41, 5.74) is 0.400. The van der Waals surface area contributed by atoms with Crippen molar-refractivity contribution in [3.63, 3.8) is 0 Å². The second-order valence-electron chi connectivity index (χ2n) is 4.78. The van der Waals surface area contributed by atoms with Crippen LogP contribution >= 0.6 is 0 Å². The number of Topliss-reactive ketones (excluding diaryl/α,β-unsaturated/α-hetero) is 2. The predicted octanol–water partition coefficient (Wildman–Crippen LogP) is 2.14. The number of carbonyl (C=O) groups excluding carboxylic acids is 2. The van der Waals surface area contributed by atoms with Gasteiger partial charge in [0.1, 0.15) is 11.5 Å². The number of nitrogens with zero attached hydrogens (tertiary/aromatic N) is 2. The zero-order chi connectivity index (χ0) is 12.3. The van der Waals surface area contributed by atoms with E-state index in [2.05, 4.69) is 5.10 Å². The third-order valence-corrected chi connectivity index (χ3v) is 3.39. The molecule has 1 aliphatic rings. The van der Waals surface area contributed by atoms with Crippen LogP contribution in [0.15, 0.2) is 12.3 Å². The Balaban J connectivity index is 1.91. The second kappa shape index (κ2) is 5.25. The Morgan fingerprint density at radius 3 is 2.65 bits per heavy atom. The quantitative estimate of drug-likeness (QED) is 0.592. The number of rotatable bonds is 4. The van der Waals surface area contributed by atoms with Gasteiger partial charge in [0.2, 0.25) is 0 Å². The molecule has 0 N–H and O–H groups in total. The molecule has 1 aliphatic carbocycles. The summed E-state index contributed by atoms with van der Waals surface area (Å²) in [5.74, 6) is 0.0536. The molecule has 0 radical (unpaired) electrons. The van der Waals surface area contributed by atoms with E-state index >= 15 is 0 Å². The first-order valence-electron chi connectivity index (χ1n) is 6.22. The molecule has 17 heavy (non-hydrogen) atoms. The van der Waals surface area contributed by atoms with E-state index in [1.54, 1.807) is 24.0 Å². The van der Waals surface area contributed by atoms with E-state index in [9.17, 15) is 9.59 Å². The Morgan fingerprint density at radius 2 is 2.06 bits per heavy atom. The summed E-state index contributed by atoms with van der Waals surface area (Å²) < 4.78 is 1.58. The molecular weight excluding hydrogens is 216 g/mol. The Hall–Kier alpha value is -1.45. The molecule has 92 valence electrons. The minimum Gasteiger partial charge on any atom is -0.299 e. The van der Waals surface area contributed by atoms with Gasteiger partial charge >= 0.3 is 0 Å². The first-order chi connectivity index (χ1) is 8.16. The molecule has 1 fully saturated rings. The van der Waals surface area contributed by atoms with Gasteiger partial charge < -0.3 is 0 Å². The zero-order valence-corrected chi connectivity index (χ0v) is 10.2. The number of hydrogen-bond acceptors (Lipinski definition) is 3. The van der Waals surface area contributed by atoms with E-state index in [1.165, 1.54) is 6.42 Å². The van der Waals surface area contributed by atoms with Gasteiger partial charge in [0.15, 0.2) is 5.78 Å². The maximum absolute atomic E-state index is 11.9. The van der Waals surface area contributed by atoms with E-state index in [1.807, 2.05) is 0 Å². The Labute approximate surface area is 101 Å². The summed E-state index contributed by atoms with van der Waals surface area (Å²) in [7, 11) is 1.76. The number of carbonyl (C=O) groups is 2. The van der Waals surface area contributed by atoms with Crippen LogP contribution < -0.4 is 0 Å². The molecule has 0 bridgehead atoms. The van der Waals surface area contributed by atoms with Crippen LogP contribution in [0.5, 0.6) is 0 Å². The lowest BCUT2D eigenvalue weighted by Gasteiger charge is -2.19. The van der Waals surface area contributed by atoms with Crippen LogP contribution in [0.2, 0.25) is 0 Å². The van der Waals surface area contributed by atoms with Crippen molar-refractivity contribution in [3.05, 3.63) is 18.0 Å². The predicted molar refractivity (Wildman–Crippen MR) is 63.7 cm³/mol. The lowest BCUT2D eigenvalue weighted by molar-refractivity contribution is -0.122. The Morgan fingerprint density at radius 1 is 1.35 bits per heavy atom. The van der Waals surface area contributed by atoms with Crippen LogP contribution in [-0.2, 0) is 11.8 Å². The van der Waals surface area contributed by atoms with Gasteiger partial charge in [-0.2, -0.15) is 5.10 Å². The van der Waals surface area contributed by atoms with Crippen LogP contribution in [0, 0.1) is 5.92 Å². The van der Waals surface area contributed by atoms with Gasteiger partial charge in [-0.15, -0.1) is 0 Å². The average Bonchev–Trinajstić information content (AvgIpc) is 2.77. The smallest absolute Gasteiger partial charge is 0.190 e. The van der Waals surface area contributed by atoms with Crippen molar-refractivity contribution in [3.8, 4) is 0 Å². The minimum absolute atomic E-state index is 0.0156. The minimum atomic E-state index is -0.152. The maximum Gasteiger partial charge on any atom is 0.190 e. The zero-order valence-electron chi connectivity index (χ0n) is 10.2. The van der Waals surface area contributed by atoms with Crippen LogP contribution in [0.25, 0.3) is 0 Å². The third-order valence-electron chi connectivity index (χ3n) is 3.39. The molecule has 0 unspecified atom stereocenters. The monoisotopic (exact) mass is 234 g/mol. The van der Waals surface area contributed by atoms with Crippen LogP contribution in [0.3, 0.4) is 0 Å². The summed E-state index contributed by atoms with van der Waals surface area (Å²) in [5, 5.41) is 4.02. The molecule has 2 rings (SSSR count). The van der Waals surface area contributed by atoms with Crippen molar-refractivity contribution < 1.29 is 9.59 Å². The normalized spacial score (nSPS) is 17.0. The van der Waals surface area contributed by atoms with Gasteiger partial charge in [-0.05, 0) is 18.9 Å². The largest absolute Gasteiger partial charge is 0.299 e. The summed E-state index contributed by atoms with van der Waals surface area (Å²) in [4.78, 5) is 23.7. The van der Waals surface area contributed by atoms with Gasteiger partial charge in [0, 0.05) is 19.2 Å². The third kappa shape index (κ3) is 3.02. The molecule has 0 aliphatic heterocycles.